The van der Waals surface area contributed by atoms with Crippen LogP contribution in [0.4, 0.5) is 20.4 Å². The minimum Gasteiger partial charge on any atom is -0.386 e. The molecule has 4 N–H and O–H groups in total. The number of carbonyl (C=O) groups excluding carboxylic acids is 2. The van der Waals surface area contributed by atoms with Crippen LogP contribution in [0.25, 0.3) is 33.9 Å². The average molecular weight is 941 g/mol. The number of aromatic nitrogens is 6. The standard InChI is InChI=1S/2C24H23FN6O3.CH4/c2*1-24(33)13-30(8-6-19(24)34-2)20-7-9-31(29-20)18-10-16(28-17-12-27-23(32)22(17)18)21-14(11-26)4-3-5-15(21)25;/h2*3-5,7,9-10,19,33H,6,8,12-13H2,1-2H3,(H,27,32);1H4/t2*19-,24+;/m10./s1. The molecule has 4 aliphatic heterocycles. The Hall–Kier alpha value is -7.62. The number of aliphatic hydroxyl groups is 2. The van der Waals surface area contributed by atoms with Crippen LogP contribution in [-0.2, 0) is 22.6 Å². The second-order valence-electron chi connectivity index (χ2n) is 17.4. The summed E-state index contributed by atoms with van der Waals surface area (Å²) in [5.41, 5.74) is 1.41. The summed E-state index contributed by atoms with van der Waals surface area (Å²) >= 11 is 0. The summed E-state index contributed by atoms with van der Waals surface area (Å²) in [7, 11) is 3.17. The van der Waals surface area contributed by atoms with E-state index in [1.807, 2.05) is 21.9 Å². The molecule has 4 atom stereocenters. The first kappa shape index (κ1) is 47.9. The topological polar surface area (TPSA) is 233 Å². The van der Waals surface area contributed by atoms with Crippen LogP contribution in [0.15, 0.2) is 73.1 Å². The number of β-amino-alcohol motifs (C(OH)–C–C–N with tert-alkyl or cyclic N) is 2. The van der Waals surface area contributed by atoms with Crippen LogP contribution in [0, 0.1) is 34.3 Å². The maximum atomic E-state index is 14.7. The molecule has 0 spiro atoms. The van der Waals surface area contributed by atoms with Crippen molar-refractivity contribution in [2.24, 2.45) is 0 Å². The fourth-order valence-electron chi connectivity index (χ4n) is 9.47. The van der Waals surface area contributed by atoms with Crippen molar-refractivity contribution in [3.8, 4) is 46.0 Å². The van der Waals surface area contributed by atoms with E-state index in [4.69, 9.17) is 9.47 Å². The molecule has 0 unspecified atom stereocenters. The second kappa shape index (κ2) is 18.8. The maximum absolute atomic E-state index is 14.7. The molecule has 0 aliphatic carbocycles. The molecule has 2 fully saturated rings. The largest absolute Gasteiger partial charge is 0.386 e. The molecule has 8 heterocycles. The summed E-state index contributed by atoms with van der Waals surface area (Å²) in [5.74, 6) is -0.468. The van der Waals surface area contributed by atoms with Gasteiger partial charge in [0.2, 0.25) is 0 Å². The van der Waals surface area contributed by atoms with Crippen LogP contribution >= 0.6 is 0 Å². The number of piperidine rings is 2. The number of nitriles is 2. The first-order chi connectivity index (χ1) is 32.6. The Morgan fingerprint density at radius 3 is 1.45 bits per heavy atom. The van der Waals surface area contributed by atoms with E-state index in [-0.39, 0.29) is 78.2 Å². The van der Waals surface area contributed by atoms with Crippen molar-refractivity contribution in [3.05, 3.63) is 118 Å². The first-order valence-electron chi connectivity index (χ1n) is 21.8. The van der Waals surface area contributed by atoms with Crippen molar-refractivity contribution in [1.82, 2.24) is 40.2 Å². The van der Waals surface area contributed by atoms with Gasteiger partial charge >= 0.3 is 0 Å². The Bertz CT molecular complexity index is 2860. The van der Waals surface area contributed by atoms with E-state index in [0.29, 0.717) is 84.5 Å². The monoisotopic (exact) mass is 940 g/mol. The Balaban J connectivity index is 0.000000183. The van der Waals surface area contributed by atoms with Crippen LogP contribution < -0.4 is 20.4 Å². The molecule has 2 aromatic carbocycles. The van der Waals surface area contributed by atoms with Gasteiger partial charge in [-0.25, -0.2) is 28.1 Å². The number of carbonyl (C=O) groups is 2. The number of hydrogen-bond donors (Lipinski definition) is 4. The van der Waals surface area contributed by atoms with E-state index in [0.717, 1.165) is 0 Å². The normalized spacial score (nSPS) is 21.5. The summed E-state index contributed by atoms with van der Waals surface area (Å²) in [6, 6.07) is 19.3. The Kier molecular flexibility index (Phi) is 13.0. The summed E-state index contributed by atoms with van der Waals surface area (Å²) < 4.78 is 43.4. The number of amides is 2. The molecule has 20 heteroatoms. The quantitative estimate of drug-likeness (QED) is 0.158. The maximum Gasteiger partial charge on any atom is 0.255 e. The lowest BCUT2D eigenvalue weighted by molar-refractivity contribution is -0.0892. The third kappa shape index (κ3) is 8.86. The molecule has 4 aromatic heterocycles. The molecule has 2 saturated heterocycles. The number of anilines is 2. The summed E-state index contributed by atoms with van der Waals surface area (Å²) in [6.45, 7) is 5.83. The Morgan fingerprint density at radius 1 is 0.681 bits per heavy atom. The molecule has 69 heavy (non-hydrogen) atoms. The number of rotatable bonds is 8. The van der Waals surface area contributed by atoms with Crippen molar-refractivity contribution in [2.45, 2.75) is 70.6 Å². The highest BCUT2D eigenvalue weighted by molar-refractivity contribution is 6.02. The third-order valence-corrected chi connectivity index (χ3v) is 12.8. The van der Waals surface area contributed by atoms with Gasteiger partial charge in [-0.1, -0.05) is 19.6 Å². The smallest absolute Gasteiger partial charge is 0.255 e. The SMILES string of the molecule is C.CO[C@@H]1CCN(c2ccn(-c3cc(-c4c(F)cccc4C#N)nc4c3C(=O)NC4)n2)C[C@]1(C)O.CO[C@H]1CCN(c2ccn(-c3cc(-c4c(F)cccc4C#N)nc4c3C(=O)NC4)n2)C[C@@]1(C)O. The fourth-order valence-corrected chi connectivity index (χ4v) is 9.47. The van der Waals surface area contributed by atoms with E-state index in [1.165, 1.54) is 36.4 Å². The van der Waals surface area contributed by atoms with Gasteiger partial charge in [0.25, 0.3) is 11.8 Å². The van der Waals surface area contributed by atoms with Gasteiger partial charge in [0.05, 0.1) is 118 Å². The lowest BCUT2D eigenvalue weighted by atomic mass is 9.91. The van der Waals surface area contributed by atoms with Crippen molar-refractivity contribution < 1.29 is 38.1 Å². The highest BCUT2D eigenvalue weighted by atomic mass is 19.1. The van der Waals surface area contributed by atoms with Crippen LogP contribution in [0.5, 0.6) is 0 Å². The van der Waals surface area contributed by atoms with E-state index in [1.54, 1.807) is 74.1 Å². The number of halogens is 2. The zero-order valence-electron chi connectivity index (χ0n) is 37.5. The van der Waals surface area contributed by atoms with Crippen molar-refractivity contribution in [2.75, 3.05) is 50.2 Å². The molecule has 0 saturated carbocycles. The molecule has 6 aromatic rings. The van der Waals surface area contributed by atoms with E-state index in [2.05, 4.69) is 30.8 Å². The molecule has 4 aliphatic rings. The molecule has 356 valence electrons. The molecule has 0 radical (unpaired) electrons. The van der Waals surface area contributed by atoms with Crippen molar-refractivity contribution >= 4 is 23.5 Å². The number of benzene rings is 2. The highest BCUT2D eigenvalue weighted by Crippen LogP contribution is 2.35. The molecular formula is C49H50F2N12O6. The van der Waals surface area contributed by atoms with Gasteiger partial charge in [0.1, 0.15) is 22.8 Å². The van der Waals surface area contributed by atoms with Crippen LogP contribution in [0.3, 0.4) is 0 Å². The fraction of sp³-hybridized carbons (Fsp3) is 0.347. The van der Waals surface area contributed by atoms with Crippen LogP contribution in [0.2, 0.25) is 0 Å². The molecular weight excluding hydrogens is 891 g/mol. The summed E-state index contributed by atoms with van der Waals surface area (Å²) in [4.78, 5) is 38.1. The highest BCUT2D eigenvalue weighted by Gasteiger charge is 2.40. The number of nitrogens with one attached hydrogen (secondary N) is 2. The predicted octanol–water partition coefficient (Wildman–Crippen LogP) is 4.97. The Labute approximate surface area is 396 Å². The van der Waals surface area contributed by atoms with Gasteiger partial charge in [-0.3, -0.25) is 9.59 Å². The lowest BCUT2D eigenvalue weighted by Gasteiger charge is -2.42. The number of hydrogen-bond acceptors (Lipinski definition) is 14. The van der Waals surface area contributed by atoms with Gasteiger partial charge in [0.15, 0.2) is 11.6 Å². The number of nitrogens with zero attached hydrogens (tertiary/aromatic N) is 10. The van der Waals surface area contributed by atoms with E-state index in [9.17, 15) is 39.1 Å². The van der Waals surface area contributed by atoms with Gasteiger partial charge in [0, 0.05) is 51.8 Å². The van der Waals surface area contributed by atoms with Gasteiger partial charge < -0.3 is 40.1 Å². The Morgan fingerprint density at radius 2 is 1.09 bits per heavy atom. The minimum absolute atomic E-state index is 0. The molecule has 10 rings (SSSR count). The number of methoxy groups -OCH3 is 2. The van der Waals surface area contributed by atoms with Gasteiger partial charge in [-0.05, 0) is 63.1 Å². The number of ether oxygens (including phenoxy) is 2. The molecule has 18 nitrogen and oxygen atoms in total. The zero-order valence-corrected chi connectivity index (χ0v) is 37.5. The van der Waals surface area contributed by atoms with E-state index >= 15 is 0 Å². The average Bonchev–Trinajstić information content (AvgIpc) is 4.16. The van der Waals surface area contributed by atoms with Crippen molar-refractivity contribution in [3.63, 3.8) is 0 Å². The van der Waals surface area contributed by atoms with Crippen molar-refractivity contribution in [1.29, 1.82) is 10.5 Å². The molecule has 0 bridgehead atoms. The van der Waals surface area contributed by atoms with E-state index < -0.39 is 22.8 Å². The first-order valence-corrected chi connectivity index (χ1v) is 21.8. The zero-order chi connectivity index (χ0) is 48.1. The summed E-state index contributed by atoms with van der Waals surface area (Å²) in [5, 5.41) is 55.3. The second-order valence-corrected chi connectivity index (χ2v) is 17.4. The van der Waals surface area contributed by atoms with Gasteiger partial charge in [-0.2, -0.15) is 20.7 Å². The third-order valence-electron chi connectivity index (χ3n) is 12.8. The minimum atomic E-state index is -1.04. The number of fused-ring (bicyclic) bond motifs is 2. The van der Waals surface area contributed by atoms with Crippen LogP contribution in [0.1, 0.15) is 77.3 Å². The van der Waals surface area contributed by atoms with Gasteiger partial charge in [-0.15, -0.1) is 0 Å². The summed E-state index contributed by atoms with van der Waals surface area (Å²) in [6.07, 6.45) is 4.16. The van der Waals surface area contributed by atoms with Crippen LogP contribution in [-0.4, -0.2) is 115 Å². The number of pyridine rings is 2. The predicted molar refractivity (Wildman–Crippen MR) is 249 cm³/mol. The molecule has 2 amide bonds. The lowest BCUT2D eigenvalue weighted by Crippen LogP contribution is -2.56.